The van der Waals surface area contributed by atoms with E-state index in [4.69, 9.17) is 8.84 Å². The number of amides is 2. The molecule has 1 aliphatic heterocycles. The standard InChI is InChI=1S/C42H48N2O7Si/c1-42(2,3)52(32-13-7-5-8-14-32,33-15-9-6-10-16-33)50-27-29-24-34-39(41(49)44(4)40(34)48)35(26-46)38(29)37(47)21-18-28(36-17-11-12-22-43-36)23-30-19-20-31(25-45)51-30/h5-17,19-20,22-23,34-35,37,39,45-47H,18,21,24-27H2,1-4H3/b28-23-/t34-,35+,37-,39-/m1/s1. The van der Waals surface area contributed by atoms with Gasteiger partial charge in [0.1, 0.15) is 18.1 Å². The van der Waals surface area contributed by atoms with Crippen LogP contribution in [0.1, 0.15) is 57.2 Å². The first kappa shape index (κ1) is 37.3. The van der Waals surface area contributed by atoms with E-state index in [9.17, 15) is 24.9 Å². The average molecular weight is 721 g/mol. The van der Waals surface area contributed by atoms with E-state index < -0.39 is 38.8 Å². The molecular formula is C42H48N2O7Si. The summed E-state index contributed by atoms with van der Waals surface area (Å²) in [6.07, 6.45) is 3.38. The van der Waals surface area contributed by atoms with Gasteiger partial charge >= 0.3 is 0 Å². The largest absolute Gasteiger partial charge is 0.459 e. The van der Waals surface area contributed by atoms with Crippen molar-refractivity contribution < 1.29 is 33.8 Å². The maximum absolute atomic E-state index is 13.5. The van der Waals surface area contributed by atoms with E-state index >= 15 is 0 Å². The van der Waals surface area contributed by atoms with Gasteiger partial charge in [-0.15, -0.1) is 0 Å². The minimum atomic E-state index is -3.02. The number of imide groups is 1. The molecule has 272 valence electrons. The zero-order valence-electron chi connectivity index (χ0n) is 30.2. The molecule has 52 heavy (non-hydrogen) atoms. The van der Waals surface area contributed by atoms with Gasteiger partial charge in [-0.1, -0.05) is 87.5 Å². The van der Waals surface area contributed by atoms with E-state index in [0.717, 1.165) is 21.5 Å². The Morgan fingerprint density at radius 1 is 0.962 bits per heavy atom. The van der Waals surface area contributed by atoms with E-state index in [1.54, 1.807) is 18.3 Å². The number of aromatic nitrogens is 1. The second-order valence-electron chi connectivity index (χ2n) is 14.8. The highest BCUT2D eigenvalue weighted by Gasteiger charge is 2.55. The fraction of sp³-hybridized carbons (Fsp3) is 0.357. The summed E-state index contributed by atoms with van der Waals surface area (Å²) >= 11 is 0. The quantitative estimate of drug-likeness (QED) is 0.100. The van der Waals surface area contributed by atoms with Crippen LogP contribution >= 0.6 is 0 Å². The van der Waals surface area contributed by atoms with Crippen LogP contribution in [0.5, 0.6) is 0 Å². The van der Waals surface area contributed by atoms with E-state index in [1.165, 1.54) is 11.9 Å². The highest BCUT2D eigenvalue weighted by Crippen LogP contribution is 2.47. The Labute approximate surface area is 306 Å². The molecule has 4 aromatic rings. The number of aliphatic hydroxyl groups is 3. The molecule has 0 unspecified atom stereocenters. The molecule has 0 radical (unpaired) electrons. The maximum Gasteiger partial charge on any atom is 0.261 e. The number of furan rings is 1. The minimum Gasteiger partial charge on any atom is -0.459 e. The molecule has 3 heterocycles. The number of carbonyl (C=O) groups is 2. The number of rotatable bonds is 13. The average Bonchev–Trinajstić information content (AvgIpc) is 3.71. The normalized spacial score (nSPS) is 20.4. The number of nitrogens with zero attached hydrogens (tertiary/aromatic N) is 2. The SMILES string of the molecule is CN1C(=O)[C@@H]2[C@@H](CC(CO[Si](c3ccccc3)(c3ccccc3)C(C)(C)C)=C([C@H](O)CC/C(=C/c3ccc(CO)o3)c3ccccn3)[C@@H]2CO)C1=O. The molecule has 1 fully saturated rings. The molecule has 0 spiro atoms. The van der Waals surface area contributed by atoms with Gasteiger partial charge in [0.15, 0.2) is 0 Å². The number of pyridine rings is 1. The van der Waals surface area contributed by atoms with Crippen LogP contribution < -0.4 is 10.4 Å². The molecule has 0 bridgehead atoms. The molecule has 1 saturated heterocycles. The summed E-state index contributed by atoms with van der Waals surface area (Å²) in [6.45, 7) is 6.09. The second-order valence-corrected chi connectivity index (χ2v) is 19.1. The Balaban J connectivity index is 1.41. The molecule has 2 aromatic carbocycles. The van der Waals surface area contributed by atoms with Crippen molar-refractivity contribution in [3.05, 3.63) is 126 Å². The van der Waals surface area contributed by atoms with E-state index in [1.807, 2.05) is 60.7 Å². The first-order valence-electron chi connectivity index (χ1n) is 17.9. The summed E-state index contributed by atoms with van der Waals surface area (Å²) in [5.41, 5.74) is 2.84. The highest BCUT2D eigenvalue weighted by molar-refractivity contribution is 6.99. The lowest BCUT2D eigenvalue weighted by Gasteiger charge is -2.44. The van der Waals surface area contributed by atoms with Crippen LogP contribution in [0, 0.1) is 17.8 Å². The monoisotopic (exact) mass is 720 g/mol. The van der Waals surface area contributed by atoms with Crippen molar-refractivity contribution in [2.45, 2.75) is 57.8 Å². The van der Waals surface area contributed by atoms with Crippen molar-refractivity contribution in [3.8, 4) is 0 Å². The number of aliphatic hydroxyl groups excluding tert-OH is 3. The molecule has 2 aliphatic rings. The van der Waals surface area contributed by atoms with E-state index in [-0.39, 0.29) is 42.9 Å². The summed E-state index contributed by atoms with van der Waals surface area (Å²) in [5.74, 6) is -1.80. The number of hydrogen-bond donors (Lipinski definition) is 3. The zero-order chi connectivity index (χ0) is 37.0. The van der Waals surface area contributed by atoms with Gasteiger partial charge in [0.05, 0.1) is 36.8 Å². The Morgan fingerprint density at radius 2 is 1.62 bits per heavy atom. The number of allylic oxidation sites excluding steroid dienone is 1. The zero-order valence-corrected chi connectivity index (χ0v) is 31.2. The molecule has 10 heteroatoms. The molecule has 3 N–H and O–H groups in total. The Bertz CT molecular complexity index is 1880. The highest BCUT2D eigenvalue weighted by atomic mass is 28.4. The smallest absolute Gasteiger partial charge is 0.261 e. The number of fused-ring (bicyclic) bond motifs is 1. The van der Waals surface area contributed by atoms with Gasteiger partial charge in [0, 0.05) is 19.2 Å². The van der Waals surface area contributed by atoms with Crippen molar-refractivity contribution in [2.24, 2.45) is 17.8 Å². The summed E-state index contributed by atoms with van der Waals surface area (Å²) in [7, 11) is -1.53. The van der Waals surface area contributed by atoms with Crippen LogP contribution in [0.2, 0.25) is 5.04 Å². The summed E-state index contributed by atoms with van der Waals surface area (Å²) in [4.78, 5) is 32.7. The molecule has 9 nitrogen and oxygen atoms in total. The lowest BCUT2D eigenvalue weighted by atomic mass is 9.68. The molecule has 0 saturated carbocycles. The topological polar surface area (TPSA) is 133 Å². The van der Waals surface area contributed by atoms with Crippen LogP contribution in [0.15, 0.2) is 113 Å². The number of likely N-dealkylation sites (tertiary alicyclic amines) is 1. The maximum atomic E-state index is 13.5. The van der Waals surface area contributed by atoms with Crippen molar-refractivity contribution >= 4 is 42.2 Å². The Hall–Kier alpha value is -4.45. The molecule has 2 aromatic heterocycles. The number of hydrogen-bond acceptors (Lipinski definition) is 8. The van der Waals surface area contributed by atoms with Gasteiger partial charge < -0.3 is 24.2 Å². The number of benzene rings is 2. The molecule has 1 aliphatic carbocycles. The third kappa shape index (κ3) is 7.14. The molecule has 4 atom stereocenters. The summed E-state index contributed by atoms with van der Waals surface area (Å²) in [5, 5.41) is 34.6. The van der Waals surface area contributed by atoms with Gasteiger partial charge in [-0.3, -0.25) is 19.5 Å². The summed E-state index contributed by atoms with van der Waals surface area (Å²) in [6, 6.07) is 29.6. The van der Waals surface area contributed by atoms with Crippen molar-refractivity contribution in [1.29, 1.82) is 0 Å². The third-order valence-corrected chi connectivity index (χ3v) is 15.7. The van der Waals surface area contributed by atoms with E-state index in [2.05, 4.69) is 50.0 Å². The van der Waals surface area contributed by atoms with Gasteiger partial charge in [0.25, 0.3) is 8.32 Å². The summed E-state index contributed by atoms with van der Waals surface area (Å²) < 4.78 is 13.1. The first-order chi connectivity index (χ1) is 25.0. The second kappa shape index (κ2) is 15.7. The number of carbonyl (C=O) groups excluding carboxylic acids is 2. The first-order valence-corrected chi connectivity index (χ1v) is 19.8. The predicted octanol–water partition coefficient (Wildman–Crippen LogP) is 4.97. The fourth-order valence-corrected chi connectivity index (χ4v) is 12.8. The lowest BCUT2D eigenvalue weighted by molar-refractivity contribution is -0.138. The van der Waals surface area contributed by atoms with Crippen molar-refractivity contribution in [1.82, 2.24) is 9.88 Å². The van der Waals surface area contributed by atoms with Gasteiger partial charge in [-0.05, 0) is 81.7 Å². The van der Waals surface area contributed by atoms with Gasteiger partial charge in [-0.25, -0.2) is 0 Å². The van der Waals surface area contributed by atoms with Crippen LogP contribution in [0.4, 0.5) is 0 Å². The lowest BCUT2D eigenvalue weighted by Crippen LogP contribution is -2.66. The minimum absolute atomic E-state index is 0.129. The Morgan fingerprint density at radius 3 is 2.17 bits per heavy atom. The fourth-order valence-electron chi connectivity index (χ4n) is 8.21. The van der Waals surface area contributed by atoms with E-state index in [0.29, 0.717) is 29.2 Å². The van der Waals surface area contributed by atoms with Crippen molar-refractivity contribution in [3.63, 3.8) is 0 Å². The van der Waals surface area contributed by atoms with Gasteiger partial charge in [-0.2, -0.15) is 0 Å². The molecule has 6 rings (SSSR count). The third-order valence-electron chi connectivity index (χ3n) is 10.7. The van der Waals surface area contributed by atoms with Crippen molar-refractivity contribution in [2.75, 3.05) is 20.3 Å². The van der Waals surface area contributed by atoms with Crippen LogP contribution in [0.3, 0.4) is 0 Å². The molecule has 2 amide bonds. The van der Waals surface area contributed by atoms with Gasteiger partial charge in [0.2, 0.25) is 11.8 Å². The van der Waals surface area contributed by atoms with Crippen LogP contribution in [0.25, 0.3) is 11.6 Å². The van der Waals surface area contributed by atoms with Crippen LogP contribution in [-0.4, -0.2) is 71.7 Å². The van der Waals surface area contributed by atoms with Crippen LogP contribution in [-0.2, 0) is 20.6 Å². The predicted molar refractivity (Wildman–Crippen MR) is 203 cm³/mol. The molecular weight excluding hydrogens is 673 g/mol. The Kier molecular flexibility index (Phi) is 11.2.